The van der Waals surface area contributed by atoms with Crippen LogP contribution in [0.1, 0.15) is 18.4 Å². The van der Waals surface area contributed by atoms with E-state index in [1.807, 2.05) is 0 Å². The lowest BCUT2D eigenvalue weighted by Gasteiger charge is -2.10. The first-order valence-corrected chi connectivity index (χ1v) is 6.43. The van der Waals surface area contributed by atoms with Gasteiger partial charge in [-0.05, 0) is 24.1 Å². The molecule has 1 aromatic carbocycles. The van der Waals surface area contributed by atoms with Crippen molar-refractivity contribution < 1.29 is 18.3 Å². The monoisotopic (exact) mass is 283 g/mol. The molecule has 1 N–H and O–H groups in total. The SMILES string of the molecule is C#CCCCOc1c(F)cc(CNCCOC)cc1F. The summed E-state index contributed by atoms with van der Waals surface area (Å²) < 4.78 is 37.4. The predicted molar refractivity (Wildman–Crippen MR) is 73.5 cm³/mol. The summed E-state index contributed by atoms with van der Waals surface area (Å²) in [5.41, 5.74) is 0.520. The summed E-state index contributed by atoms with van der Waals surface area (Å²) in [6.07, 6.45) is 6.17. The average molecular weight is 283 g/mol. The van der Waals surface area contributed by atoms with Crippen molar-refractivity contribution in [3.05, 3.63) is 29.3 Å². The maximum atomic E-state index is 13.7. The van der Waals surface area contributed by atoms with Crippen molar-refractivity contribution in [2.24, 2.45) is 0 Å². The fraction of sp³-hybridized carbons (Fsp3) is 0.467. The van der Waals surface area contributed by atoms with Crippen LogP contribution in [0.5, 0.6) is 5.75 Å². The highest BCUT2D eigenvalue weighted by Gasteiger charge is 2.12. The van der Waals surface area contributed by atoms with Gasteiger partial charge in [0.1, 0.15) is 0 Å². The molecule has 0 bridgehead atoms. The Morgan fingerprint density at radius 3 is 2.55 bits per heavy atom. The molecule has 3 nitrogen and oxygen atoms in total. The molecule has 0 fully saturated rings. The van der Waals surface area contributed by atoms with E-state index in [2.05, 4.69) is 11.2 Å². The van der Waals surface area contributed by atoms with Crippen LogP contribution < -0.4 is 10.1 Å². The fourth-order valence-electron chi connectivity index (χ4n) is 1.61. The summed E-state index contributed by atoms with van der Waals surface area (Å²) in [5.74, 6) is 0.695. The van der Waals surface area contributed by atoms with Crippen LogP contribution in [-0.4, -0.2) is 26.9 Å². The summed E-state index contributed by atoms with van der Waals surface area (Å²) in [6.45, 7) is 1.73. The molecule has 0 saturated heterocycles. The zero-order valence-corrected chi connectivity index (χ0v) is 11.5. The molecule has 0 aliphatic heterocycles. The summed E-state index contributed by atoms with van der Waals surface area (Å²) in [6, 6.07) is 2.53. The minimum Gasteiger partial charge on any atom is -0.488 e. The third-order valence-electron chi connectivity index (χ3n) is 2.58. The van der Waals surface area contributed by atoms with Crippen molar-refractivity contribution in [3.8, 4) is 18.1 Å². The minimum atomic E-state index is -0.700. The molecule has 0 aliphatic rings. The van der Waals surface area contributed by atoms with Crippen LogP contribution in [0.25, 0.3) is 0 Å². The van der Waals surface area contributed by atoms with Gasteiger partial charge in [-0.25, -0.2) is 8.78 Å². The molecule has 0 spiro atoms. The van der Waals surface area contributed by atoms with Gasteiger partial charge in [0.05, 0.1) is 13.2 Å². The van der Waals surface area contributed by atoms with Crippen molar-refractivity contribution in [1.29, 1.82) is 0 Å². The van der Waals surface area contributed by atoms with Crippen LogP contribution in [0.2, 0.25) is 0 Å². The van der Waals surface area contributed by atoms with Gasteiger partial charge in [0.2, 0.25) is 0 Å². The smallest absolute Gasteiger partial charge is 0.190 e. The first-order chi connectivity index (χ1) is 9.69. The second-order valence-electron chi connectivity index (χ2n) is 4.21. The molecule has 0 saturated carbocycles. The van der Waals surface area contributed by atoms with E-state index in [0.717, 1.165) is 0 Å². The Labute approximate surface area is 118 Å². The molecular formula is C15H19F2NO2. The highest BCUT2D eigenvalue weighted by atomic mass is 19.1. The molecule has 1 rings (SSSR count). The molecule has 20 heavy (non-hydrogen) atoms. The highest BCUT2D eigenvalue weighted by Crippen LogP contribution is 2.23. The third-order valence-corrected chi connectivity index (χ3v) is 2.58. The zero-order valence-electron chi connectivity index (χ0n) is 11.5. The zero-order chi connectivity index (χ0) is 14.8. The van der Waals surface area contributed by atoms with Crippen molar-refractivity contribution in [1.82, 2.24) is 5.32 Å². The predicted octanol–water partition coefficient (Wildman–Crippen LogP) is 2.49. The first-order valence-electron chi connectivity index (χ1n) is 6.43. The Morgan fingerprint density at radius 2 is 1.95 bits per heavy atom. The van der Waals surface area contributed by atoms with Gasteiger partial charge in [-0.15, -0.1) is 12.3 Å². The lowest BCUT2D eigenvalue weighted by atomic mass is 10.2. The summed E-state index contributed by atoms with van der Waals surface area (Å²) in [5, 5.41) is 3.02. The van der Waals surface area contributed by atoms with Gasteiger partial charge in [0, 0.05) is 26.6 Å². The van der Waals surface area contributed by atoms with Gasteiger partial charge >= 0.3 is 0 Å². The van der Waals surface area contributed by atoms with E-state index in [0.29, 0.717) is 38.1 Å². The van der Waals surface area contributed by atoms with Crippen LogP contribution in [-0.2, 0) is 11.3 Å². The molecule has 110 valence electrons. The standard InChI is InChI=1S/C15H19F2NO2/c1-3-4-5-7-20-15-13(16)9-12(10-14(15)17)11-18-6-8-19-2/h1,9-10,18H,4-8,11H2,2H3. The summed E-state index contributed by atoms with van der Waals surface area (Å²) in [4.78, 5) is 0. The van der Waals surface area contributed by atoms with E-state index in [4.69, 9.17) is 15.9 Å². The quantitative estimate of drug-likeness (QED) is 0.558. The van der Waals surface area contributed by atoms with E-state index < -0.39 is 11.6 Å². The van der Waals surface area contributed by atoms with Gasteiger partial charge < -0.3 is 14.8 Å². The first kappa shape index (κ1) is 16.4. The summed E-state index contributed by atoms with van der Waals surface area (Å²) in [7, 11) is 1.59. The molecule has 0 aliphatic carbocycles. The average Bonchev–Trinajstić information content (AvgIpc) is 2.42. The van der Waals surface area contributed by atoms with Gasteiger partial charge in [0.15, 0.2) is 17.4 Å². The lowest BCUT2D eigenvalue weighted by molar-refractivity contribution is 0.199. The fourth-order valence-corrected chi connectivity index (χ4v) is 1.61. The number of halogens is 2. The number of rotatable bonds is 9. The van der Waals surface area contributed by atoms with E-state index >= 15 is 0 Å². The number of benzene rings is 1. The number of nitrogens with one attached hydrogen (secondary N) is 1. The molecule has 0 unspecified atom stereocenters. The van der Waals surface area contributed by atoms with Crippen LogP contribution >= 0.6 is 0 Å². The number of unbranched alkanes of at least 4 members (excludes halogenated alkanes) is 1. The molecule has 0 aromatic heterocycles. The van der Waals surface area contributed by atoms with Gasteiger partial charge in [0.25, 0.3) is 0 Å². The van der Waals surface area contributed by atoms with Crippen molar-refractivity contribution in [2.75, 3.05) is 26.9 Å². The van der Waals surface area contributed by atoms with Crippen LogP contribution in [0.15, 0.2) is 12.1 Å². The largest absolute Gasteiger partial charge is 0.488 e. The van der Waals surface area contributed by atoms with Crippen molar-refractivity contribution >= 4 is 0 Å². The molecule has 0 radical (unpaired) electrons. The number of hydrogen-bond acceptors (Lipinski definition) is 3. The lowest BCUT2D eigenvalue weighted by Crippen LogP contribution is -2.18. The molecule has 5 heteroatoms. The maximum Gasteiger partial charge on any atom is 0.190 e. The molecule has 1 aromatic rings. The van der Waals surface area contributed by atoms with Crippen molar-refractivity contribution in [2.45, 2.75) is 19.4 Å². The van der Waals surface area contributed by atoms with Gasteiger partial charge in [-0.1, -0.05) is 0 Å². The Kier molecular flexibility index (Phi) is 7.63. The second kappa shape index (κ2) is 9.29. The maximum absolute atomic E-state index is 13.7. The third kappa shape index (κ3) is 5.55. The van der Waals surface area contributed by atoms with E-state index in [9.17, 15) is 8.78 Å². The van der Waals surface area contributed by atoms with Crippen LogP contribution in [0.3, 0.4) is 0 Å². The van der Waals surface area contributed by atoms with Gasteiger partial charge in [-0.2, -0.15) is 0 Å². The number of methoxy groups -OCH3 is 1. The Balaban J connectivity index is 2.55. The molecule has 0 atom stereocenters. The normalized spacial score (nSPS) is 10.3. The highest BCUT2D eigenvalue weighted by molar-refractivity contribution is 5.31. The van der Waals surface area contributed by atoms with Crippen LogP contribution in [0, 0.1) is 24.0 Å². The Hall–Kier alpha value is -1.64. The molecule has 0 heterocycles. The second-order valence-corrected chi connectivity index (χ2v) is 4.21. The number of ether oxygens (including phenoxy) is 2. The van der Waals surface area contributed by atoms with Gasteiger partial charge in [-0.3, -0.25) is 0 Å². The van der Waals surface area contributed by atoms with E-state index in [1.165, 1.54) is 12.1 Å². The Morgan fingerprint density at radius 1 is 1.25 bits per heavy atom. The van der Waals surface area contributed by atoms with Crippen LogP contribution in [0.4, 0.5) is 8.78 Å². The molecular weight excluding hydrogens is 264 g/mol. The Bertz CT molecular complexity index is 435. The summed E-state index contributed by atoms with van der Waals surface area (Å²) >= 11 is 0. The topological polar surface area (TPSA) is 30.5 Å². The number of hydrogen-bond donors (Lipinski definition) is 1. The molecule has 0 amide bonds. The van der Waals surface area contributed by atoms with E-state index in [1.54, 1.807) is 7.11 Å². The number of terminal acetylenes is 1. The minimum absolute atomic E-state index is 0.198. The van der Waals surface area contributed by atoms with Crippen molar-refractivity contribution in [3.63, 3.8) is 0 Å². The van der Waals surface area contributed by atoms with E-state index in [-0.39, 0.29) is 12.4 Å².